The SMILES string of the molecule is CCN1CCCC1CNC(=NCC(=O)N(C)C)NCC(C)Oc1cccc(F)c1. The Bertz CT molecular complexity index is 683. The standard InChI is InChI=1S/C21H34FN5O2/c1-5-27-11-7-9-18(27)14-24-21(25-15-20(28)26(3)4)23-13-16(2)29-19-10-6-8-17(22)12-19/h6,8,10,12,16,18H,5,7,9,11,13-15H2,1-4H3,(H2,23,24,25). The third kappa shape index (κ3) is 7.89. The Morgan fingerprint density at radius 1 is 1.41 bits per heavy atom. The van der Waals surface area contributed by atoms with Crippen molar-refractivity contribution in [1.29, 1.82) is 0 Å². The summed E-state index contributed by atoms with van der Waals surface area (Å²) >= 11 is 0. The lowest BCUT2D eigenvalue weighted by Crippen LogP contribution is -2.47. The van der Waals surface area contributed by atoms with Crippen LogP contribution in [-0.2, 0) is 4.79 Å². The molecule has 1 aliphatic rings. The molecule has 1 saturated heterocycles. The third-order valence-corrected chi connectivity index (χ3v) is 4.97. The summed E-state index contributed by atoms with van der Waals surface area (Å²) in [6.45, 7) is 7.55. The van der Waals surface area contributed by atoms with E-state index >= 15 is 0 Å². The molecule has 7 nitrogen and oxygen atoms in total. The largest absolute Gasteiger partial charge is 0.489 e. The molecule has 0 radical (unpaired) electrons. The summed E-state index contributed by atoms with van der Waals surface area (Å²) in [7, 11) is 3.43. The first kappa shape index (κ1) is 22.9. The smallest absolute Gasteiger partial charge is 0.243 e. The number of amides is 1. The number of hydrogen-bond acceptors (Lipinski definition) is 4. The Kier molecular flexibility index (Phi) is 9.18. The molecule has 2 N–H and O–H groups in total. The number of carbonyl (C=O) groups is 1. The molecule has 0 bridgehead atoms. The minimum absolute atomic E-state index is 0.0637. The van der Waals surface area contributed by atoms with E-state index in [2.05, 4.69) is 27.4 Å². The molecule has 1 fully saturated rings. The average molecular weight is 408 g/mol. The molecular formula is C21H34FN5O2. The molecular weight excluding hydrogens is 373 g/mol. The van der Waals surface area contributed by atoms with Gasteiger partial charge >= 0.3 is 0 Å². The molecule has 29 heavy (non-hydrogen) atoms. The maximum Gasteiger partial charge on any atom is 0.243 e. The van der Waals surface area contributed by atoms with Gasteiger partial charge in [-0.25, -0.2) is 9.38 Å². The van der Waals surface area contributed by atoms with Crippen LogP contribution in [0.1, 0.15) is 26.7 Å². The Balaban J connectivity index is 1.91. The third-order valence-electron chi connectivity index (χ3n) is 4.97. The van der Waals surface area contributed by atoms with Crippen molar-refractivity contribution in [3.8, 4) is 5.75 Å². The molecule has 1 heterocycles. The first-order valence-corrected chi connectivity index (χ1v) is 10.3. The zero-order valence-electron chi connectivity index (χ0n) is 17.9. The van der Waals surface area contributed by atoms with Crippen LogP contribution in [0.25, 0.3) is 0 Å². The van der Waals surface area contributed by atoms with E-state index in [-0.39, 0.29) is 24.4 Å². The van der Waals surface area contributed by atoms with Gasteiger partial charge in [-0.05, 0) is 45.0 Å². The van der Waals surface area contributed by atoms with E-state index in [9.17, 15) is 9.18 Å². The lowest BCUT2D eigenvalue weighted by atomic mass is 10.2. The predicted molar refractivity (Wildman–Crippen MR) is 114 cm³/mol. The molecule has 1 amide bonds. The normalized spacial score (nSPS) is 18.4. The van der Waals surface area contributed by atoms with Gasteiger partial charge in [0.2, 0.25) is 5.91 Å². The zero-order valence-corrected chi connectivity index (χ0v) is 17.9. The molecule has 2 unspecified atom stereocenters. The highest BCUT2D eigenvalue weighted by Gasteiger charge is 2.23. The van der Waals surface area contributed by atoms with Crippen LogP contribution in [0.15, 0.2) is 29.3 Å². The number of aliphatic imine (C=N–C) groups is 1. The van der Waals surface area contributed by atoms with Crippen molar-refractivity contribution in [2.45, 2.75) is 38.8 Å². The molecule has 0 aromatic heterocycles. The van der Waals surface area contributed by atoms with Gasteiger partial charge < -0.3 is 20.3 Å². The summed E-state index contributed by atoms with van der Waals surface area (Å²) in [5.74, 6) is 0.674. The summed E-state index contributed by atoms with van der Waals surface area (Å²) in [5.41, 5.74) is 0. The molecule has 0 saturated carbocycles. The topological polar surface area (TPSA) is 69.2 Å². The fourth-order valence-corrected chi connectivity index (χ4v) is 3.27. The van der Waals surface area contributed by atoms with Crippen molar-refractivity contribution in [2.75, 3.05) is 46.8 Å². The number of guanidine groups is 1. The number of nitrogens with one attached hydrogen (secondary N) is 2. The van der Waals surface area contributed by atoms with Gasteiger partial charge in [-0.2, -0.15) is 0 Å². The molecule has 2 atom stereocenters. The molecule has 1 aliphatic heterocycles. The summed E-state index contributed by atoms with van der Waals surface area (Å²) in [6, 6.07) is 6.56. The number of hydrogen-bond donors (Lipinski definition) is 2. The molecule has 8 heteroatoms. The van der Waals surface area contributed by atoms with Gasteiger partial charge in [-0.15, -0.1) is 0 Å². The van der Waals surface area contributed by atoms with Crippen LogP contribution in [-0.4, -0.2) is 80.6 Å². The van der Waals surface area contributed by atoms with E-state index in [1.54, 1.807) is 26.2 Å². The van der Waals surface area contributed by atoms with Crippen molar-refractivity contribution in [3.63, 3.8) is 0 Å². The minimum atomic E-state index is -0.328. The van der Waals surface area contributed by atoms with E-state index in [0.29, 0.717) is 24.3 Å². The van der Waals surface area contributed by atoms with Crippen LogP contribution in [0.3, 0.4) is 0 Å². The number of nitrogens with zero attached hydrogens (tertiary/aromatic N) is 3. The highest BCUT2D eigenvalue weighted by atomic mass is 19.1. The van der Waals surface area contributed by atoms with E-state index in [1.807, 2.05) is 6.92 Å². The number of likely N-dealkylation sites (N-methyl/N-ethyl adjacent to an activating group) is 2. The minimum Gasteiger partial charge on any atom is -0.489 e. The highest BCUT2D eigenvalue weighted by molar-refractivity contribution is 5.84. The number of halogens is 1. The molecule has 0 spiro atoms. The number of rotatable bonds is 9. The van der Waals surface area contributed by atoms with Gasteiger partial charge in [0.05, 0.1) is 6.54 Å². The number of ether oxygens (including phenoxy) is 1. The highest BCUT2D eigenvalue weighted by Crippen LogP contribution is 2.15. The van der Waals surface area contributed by atoms with Crippen LogP contribution < -0.4 is 15.4 Å². The fraction of sp³-hybridized carbons (Fsp3) is 0.619. The van der Waals surface area contributed by atoms with E-state index < -0.39 is 0 Å². The van der Waals surface area contributed by atoms with Crippen molar-refractivity contribution >= 4 is 11.9 Å². The zero-order chi connectivity index (χ0) is 21.2. The monoisotopic (exact) mass is 407 g/mol. The molecule has 0 aliphatic carbocycles. The van der Waals surface area contributed by atoms with E-state index in [4.69, 9.17) is 4.74 Å². The van der Waals surface area contributed by atoms with Gasteiger partial charge in [0.1, 0.15) is 24.2 Å². The summed E-state index contributed by atoms with van der Waals surface area (Å²) in [5, 5.41) is 6.60. The number of likely N-dealkylation sites (tertiary alicyclic amines) is 1. The summed E-state index contributed by atoms with van der Waals surface area (Å²) in [6.07, 6.45) is 2.16. The van der Waals surface area contributed by atoms with Crippen LogP contribution in [0, 0.1) is 5.82 Å². The Hall–Kier alpha value is -2.35. The van der Waals surface area contributed by atoms with Gasteiger partial charge in [-0.1, -0.05) is 13.0 Å². The van der Waals surface area contributed by atoms with E-state index in [0.717, 1.165) is 26.1 Å². The lowest BCUT2D eigenvalue weighted by Gasteiger charge is -2.24. The Morgan fingerprint density at radius 2 is 2.21 bits per heavy atom. The first-order valence-electron chi connectivity index (χ1n) is 10.3. The first-order chi connectivity index (χ1) is 13.9. The number of benzene rings is 1. The van der Waals surface area contributed by atoms with Crippen molar-refractivity contribution in [3.05, 3.63) is 30.1 Å². The second-order valence-electron chi connectivity index (χ2n) is 7.53. The Morgan fingerprint density at radius 3 is 2.90 bits per heavy atom. The quantitative estimate of drug-likeness (QED) is 0.482. The fourth-order valence-electron chi connectivity index (χ4n) is 3.27. The Labute approximate surface area is 173 Å². The van der Waals surface area contributed by atoms with Crippen molar-refractivity contribution < 1.29 is 13.9 Å². The lowest BCUT2D eigenvalue weighted by molar-refractivity contribution is -0.127. The van der Waals surface area contributed by atoms with Gasteiger partial charge in [0.25, 0.3) is 0 Å². The molecule has 2 rings (SSSR count). The maximum atomic E-state index is 13.3. The van der Waals surface area contributed by atoms with Gasteiger partial charge in [-0.3, -0.25) is 9.69 Å². The van der Waals surface area contributed by atoms with Crippen molar-refractivity contribution in [2.24, 2.45) is 4.99 Å². The molecule has 162 valence electrons. The average Bonchev–Trinajstić information content (AvgIpc) is 3.14. The predicted octanol–water partition coefficient (Wildman–Crippen LogP) is 1.70. The van der Waals surface area contributed by atoms with Crippen molar-refractivity contribution in [1.82, 2.24) is 20.4 Å². The maximum absolute atomic E-state index is 13.3. The second-order valence-corrected chi connectivity index (χ2v) is 7.53. The summed E-state index contributed by atoms with van der Waals surface area (Å²) < 4.78 is 19.1. The van der Waals surface area contributed by atoms with Crippen LogP contribution >= 0.6 is 0 Å². The van der Waals surface area contributed by atoms with Crippen LogP contribution in [0.5, 0.6) is 5.75 Å². The molecule has 1 aromatic rings. The molecule has 1 aromatic carbocycles. The second kappa shape index (κ2) is 11.6. The van der Waals surface area contributed by atoms with Gasteiger partial charge in [0, 0.05) is 32.7 Å². The van der Waals surface area contributed by atoms with Crippen LogP contribution in [0.4, 0.5) is 4.39 Å². The van der Waals surface area contributed by atoms with Gasteiger partial charge in [0.15, 0.2) is 5.96 Å². The van der Waals surface area contributed by atoms with E-state index in [1.165, 1.54) is 23.5 Å². The summed E-state index contributed by atoms with van der Waals surface area (Å²) in [4.78, 5) is 20.3. The number of carbonyl (C=O) groups excluding carboxylic acids is 1. The van der Waals surface area contributed by atoms with Crippen LogP contribution in [0.2, 0.25) is 0 Å².